The monoisotopic (exact) mass is 374 g/mol. The summed E-state index contributed by atoms with van der Waals surface area (Å²) in [6.45, 7) is 5.79. The lowest BCUT2D eigenvalue weighted by Gasteiger charge is -2.19. The first-order valence-electron chi connectivity index (χ1n) is 9.18. The summed E-state index contributed by atoms with van der Waals surface area (Å²) in [4.78, 5) is 8.94. The Bertz CT molecular complexity index is 765. The van der Waals surface area contributed by atoms with Crippen LogP contribution < -0.4 is 10.6 Å². The highest BCUT2D eigenvalue weighted by Crippen LogP contribution is 2.48. The van der Waals surface area contributed by atoms with Crippen LogP contribution in [0.5, 0.6) is 0 Å². The fourth-order valence-electron chi connectivity index (χ4n) is 3.07. The molecule has 1 fully saturated rings. The summed E-state index contributed by atoms with van der Waals surface area (Å²) in [5.41, 5.74) is 1.84. The van der Waals surface area contributed by atoms with Crippen molar-refractivity contribution in [2.24, 2.45) is 4.99 Å². The van der Waals surface area contributed by atoms with Gasteiger partial charge in [0.05, 0.1) is 10.7 Å². The molecule has 1 heterocycles. The van der Waals surface area contributed by atoms with E-state index in [1.165, 1.54) is 5.01 Å². The zero-order valence-electron chi connectivity index (χ0n) is 15.7. The largest absolute Gasteiger partial charge is 0.356 e. The van der Waals surface area contributed by atoms with Crippen LogP contribution in [-0.2, 0) is 11.8 Å². The molecule has 6 heteroatoms. The molecule has 0 saturated heterocycles. The van der Waals surface area contributed by atoms with Crippen molar-refractivity contribution in [2.45, 2.75) is 44.4 Å². The van der Waals surface area contributed by atoms with Crippen molar-refractivity contribution in [1.82, 2.24) is 15.6 Å². The Hall–Kier alpha value is -1.95. The number of aromatic nitrogens is 1. The van der Waals surface area contributed by atoms with Crippen molar-refractivity contribution in [2.75, 3.05) is 20.1 Å². The van der Waals surface area contributed by atoms with Crippen LogP contribution in [0.3, 0.4) is 0 Å². The van der Waals surface area contributed by atoms with E-state index in [0.717, 1.165) is 43.0 Å². The molecular formula is C20H27FN4S. The normalized spacial score (nSPS) is 16.0. The number of thiazole rings is 1. The third kappa shape index (κ3) is 4.41. The Balaban J connectivity index is 1.48. The Labute approximate surface area is 159 Å². The maximum atomic E-state index is 14.1. The van der Waals surface area contributed by atoms with Crippen LogP contribution in [0.15, 0.2) is 34.6 Å². The van der Waals surface area contributed by atoms with Gasteiger partial charge >= 0.3 is 0 Å². The van der Waals surface area contributed by atoms with Gasteiger partial charge in [0.25, 0.3) is 0 Å². The average molecular weight is 375 g/mol. The minimum atomic E-state index is -0.112. The van der Waals surface area contributed by atoms with Crippen molar-refractivity contribution in [3.63, 3.8) is 0 Å². The molecule has 2 aromatic rings. The van der Waals surface area contributed by atoms with E-state index >= 15 is 0 Å². The van der Waals surface area contributed by atoms with Gasteiger partial charge < -0.3 is 10.6 Å². The summed E-state index contributed by atoms with van der Waals surface area (Å²) in [5.74, 6) is 1.12. The summed E-state index contributed by atoms with van der Waals surface area (Å²) in [6, 6.07) is 7.09. The molecule has 0 unspecified atom stereocenters. The van der Waals surface area contributed by atoms with Crippen molar-refractivity contribution in [1.29, 1.82) is 0 Å². The van der Waals surface area contributed by atoms with E-state index in [4.69, 9.17) is 0 Å². The van der Waals surface area contributed by atoms with Crippen molar-refractivity contribution < 1.29 is 4.39 Å². The molecule has 0 aliphatic heterocycles. The van der Waals surface area contributed by atoms with Gasteiger partial charge in [0.2, 0.25) is 0 Å². The first-order valence-corrected chi connectivity index (χ1v) is 10.1. The smallest absolute Gasteiger partial charge is 0.191 e. The molecule has 2 N–H and O–H groups in total. The molecule has 0 amide bonds. The third-order valence-corrected chi connectivity index (χ3v) is 6.05. The molecule has 3 rings (SSSR count). The van der Waals surface area contributed by atoms with Gasteiger partial charge in [-0.25, -0.2) is 9.37 Å². The maximum absolute atomic E-state index is 14.1. The van der Waals surface area contributed by atoms with Crippen molar-refractivity contribution >= 4 is 17.3 Å². The quantitative estimate of drug-likeness (QED) is 0.572. The number of hydrogen-bond acceptors (Lipinski definition) is 3. The molecule has 0 spiro atoms. The van der Waals surface area contributed by atoms with Gasteiger partial charge in [0.1, 0.15) is 5.82 Å². The molecule has 0 bridgehead atoms. The van der Waals surface area contributed by atoms with Crippen LogP contribution in [0.4, 0.5) is 4.39 Å². The minimum absolute atomic E-state index is 0.0932. The number of halogens is 1. The van der Waals surface area contributed by atoms with Gasteiger partial charge in [0.15, 0.2) is 5.96 Å². The number of nitrogens with zero attached hydrogens (tertiary/aromatic N) is 2. The highest BCUT2D eigenvalue weighted by molar-refractivity contribution is 7.09. The molecule has 1 aromatic carbocycles. The summed E-state index contributed by atoms with van der Waals surface area (Å²) in [6.07, 6.45) is 2.88. The van der Waals surface area contributed by atoms with Crippen LogP contribution >= 0.6 is 11.3 Å². The Morgan fingerprint density at radius 2 is 2.08 bits per heavy atom. The highest BCUT2D eigenvalue weighted by atomic mass is 32.1. The summed E-state index contributed by atoms with van der Waals surface area (Å²) in [7, 11) is 1.76. The highest BCUT2D eigenvalue weighted by Gasteiger charge is 2.45. The number of benzene rings is 1. The van der Waals surface area contributed by atoms with Gasteiger partial charge in [-0.1, -0.05) is 32.0 Å². The first-order chi connectivity index (χ1) is 12.5. The molecule has 1 aliphatic carbocycles. The lowest BCUT2D eigenvalue weighted by atomic mass is 9.95. The molecule has 1 aromatic heterocycles. The number of guanidine groups is 1. The van der Waals surface area contributed by atoms with E-state index in [1.807, 2.05) is 12.1 Å². The van der Waals surface area contributed by atoms with Crippen molar-refractivity contribution in [3.8, 4) is 0 Å². The zero-order valence-corrected chi connectivity index (χ0v) is 16.5. The van der Waals surface area contributed by atoms with Gasteiger partial charge in [-0.15, -0.1) is 11.3 Å². The van der Waals surface area contributed by atoms with E-state index in [0.29, 0.717) is 12.5 Å². The number of hydrogen-bond donors (Lipinski definition) is 2. The van der Waals surface area contributed by atoms with Crippen LogP contribution in [0.25, 0.3) is 0 Å². The van der Waals surface area contributed by atoms with Crippen LogP contribution in [0.2, 0.25) is 0 Å². The van der Waals surface area contributed by atoms with E-state index < -0.39 is 0 Å². The molecular weight excluding hydrogens is 347 g/mol. The molecule has 26 heavy (non-hydrogen) atoms. The molecule has 0 atom stereocenters. The maximum Gasteiger partial charge on any atom is 0.191 e. The number of aliphatic imine (C=N–C) groups is 1. The zero-order chi connectivity index (χ0) is 18.6. The fraction of sp³-hybridized carbons (Fsp3) is 0.500. The molecule has 1 aliphatic rings. The van der Waals surface area contributed by atoms with E-state index in [2.05, 4.69) is 39.8 Å². The van der Waals surface area contributed by atoms with Crippen LogP contribution in [0.1, 0.15) is 48.9 Å². The lowest BCUT2D eigenvalue weighted by Crippen LogP contribution is -2.42. The third-order valence-electron chi connectivity index (χ3n) is 4.85. The van der Waals surface area contributed by atoms with Crippen LogP contribution in [0, 0.1) is 5.82 Å². The first kappa shape index (κ1) is 18.8. The predicted molar refractivity (Wildman–Crippen MR) is 107 cm³/mol. The second-order valence-corrected chi connectivity index (χ2v) is 8.08. The lowest BCUT2D eigenvalue weighted by molar-refractivity contribution is 0.559. The molecule has 4 nitrogen and oxygen atoms in total. The predicted octanol–water partition coefficient (Wildman–Crippen LogP) is 3.84. The average Bonchev–Trinajstić information content (AvgIpc) is 3.26. The molecule has 0 radical (unpaired) electrons. The van der Waals surface area contributed by atoms with Gasteiger partial charge in [-0.2, -0.15) is 0 Å². The van der Waals surface area contributed by atoms with Gasteiger partial charge in [-0.05, 0) is 24.5 Å². The van der Waals surface area contributed by atoms with Gasteiger partial charge in [0, 0.05) is 43.3 Å². The number of nitrogens with one attached hydrogen (secondary N) is 2. The Morgan fingerprint density at radius 3 is 2.69 bits per heavy atom. The summed E-state index contributed by atoms with van der Waals surface area (Å²) in [5, 5.41) is 10.0. The molecule has 140 valence electrons. The topological polar surface area (TPSA) is 49.3 Å². The second-order valence-electron chi connectivity index (χ2n) is 7.19. The van der Waals surface area contributed by atoms with E-state index in [-0.39, 0.29) is 11.2 Å². The van der Waals surface area contributed by atoms with E-state index in [1.54, 1.807) is 30.5 Å². The van der Waals surface area contributed by atoms with Crippen LogP contribution in [-0.4, -0.2) is 31.1 Å². The summed E-state index contributed by atoms with van der Waals surface area (Å²) >= 11 is 1.72. The fourth-order valence-corrected chi connectivity index (χ4v) is 3.94. The Kier molecular flexibility index (Phi) is 5.91. The standard InChI is InChI=1S/C20H27FN4S/c1-14(2)18-25-15(12-26-18)8-11-23-19(22-3)24-13-20(9-10-20)16-6-4-5-7-17(16)21/h4-7,12,14H,8-11,13H2,1-3H3,(H2,22,23,24). The SMILES string of the molecule is CN=C(NCCc1csc(C(C)C)n1)NCC1(c2ccccc2F)CC1. The summed E-state index contributed by atoms with van der Waals surface area (Å²) < 4.78 is 14.1. The number of rotatable bonds is 7. The second kappa shape index (κ2) is 8.16. The van der Waals surface area contributed by atoms with Gasteiger partial charge in [-0.3, -0.25) is 4.99 Å². The Morgan fingerprint density at radius 1 is 1.31 bits per heavy atom. The van der Waals surface area contributed by atoms with E-state index in [9.17, 15) is 4.39 Å². The van der Waals surface area contributed by atoms with Crippen molar-refractivity contribution in [3.05, 3.63) is 51.7 Å². The minimum Gasteiger partial charge on any atom is -0.356 e. The molecule has 1 saturated carbocycles.